The minimum Gasteiger partial charge on any atom is -0.493 e. The highest BCUT2D eigenvalue weighted by Gasteiger charge is 2.30. The Bertz CT molecular complexity index is 587. The lowest BCUT2D eigenvalue weighted by Gasteiger charge is -2.16. The molecule has 7 nitrogen and oxygen atoms in total. The Hall–Kier alpha value is -2.57. The van der Waals surface area contributed by atoms with Crippen LogP contribution in [0, 0.1) is 5.92 Å². The zero-order valence-electron chi connectivity index (χ0n) is 12.0. The summed E-state index contributed by atoms with van der Waals surface area (Å²) in [4.78, 5) is 35.4. The van der Waals surface area contributed by atoms with Crippen LogP contribution >= 0.6 is 0 Å². The molecule has 3 N–H and O–H groups in total. The van der Waals surface area contributed by atoms with Gasteiger partial charge in [0.1, 0.15) is 5.75 Å². The van der Waals surface area contributed by atoms with Crippen LogP contribution in [-0.2, 0) is 9.59 Å². The first kappa shape index (κ1) is 15.8. The molecule has 0 spiro atoms. The molecule has 22 heavy (non-hydrogen) atoms. The number of carboxylic acids is 1. The van der Waals surface area contributed by atoms with E-state index in [-0.39, 0.29) is 25.5 Å². The fraction of sp³-hybridized carbons (Fsp3) is 0.400. The van der Waals surface area contributed by atoms with Gasteiger partial charge in [-0.2, -0.15) is 0 Å². The zero-order chi connectivity index (χ0) is 16.1. The molecule has 1 heterocycles. The molecule has 1 saturated heterocycles. The molecule has 0 radical (unpaired) electrons. The van der Waals surface area contributed by atoms with Gasteiger partial charge in [0.2, 0.25) is 11.8 Å². The smallest absolute Gasteiger partial charge is 0.308 e. The van der Waals surface area contributed by atoms with Gasteiger partial charge in [-0.1, -0.05) is 6.07 Å². The summed E-state index contributed by atoms with van der Waals surface area (Å²) in [6, 6.07) is 6.42. The van der Waals surface area contributed by atoms with Gasteiger partial charge >= 0.3 is 5.97 Å². The lowest BCUT2D eigenvalue weighted by molar-refractivity contribution is -0.141. The quantitative estimate of drug-likeness (QED) is 0.794. The normalized spacial score (nSPS) is 17.3. The van der Waals surface area contributed by atoms with Crippen LogP contribution in [0.3, 0.4) is 0 Å². The molecule has 1 aliphatic rings. The van der Waals surface area contributed by atoms with E-state index in [0.29, 0.717) is 24.3 Å². The summed E-state index contributed by atoms with van der Waals surface area (Å²) in [5.41, 5.74) is 5.52. The second-order valence-corrected chi connectivity index (χ2v) is 5.15. The highest BCUT2D eigenvalue weighted by molar-refractivity contribution is 5.93. The van der Waals surface area contributed by atoms with Crippen LogP contribution in [0.15, 0.2) is 24.3 Å². The number of likely N-dealkylation sites (tertiary alicyclic amines) is 1. The number of primary amides is 1. The fourth-order valence-corrected chi connectivity index (χ4v) is 2.34. The molecule has 118 valence electrons. The van der Waals surface area contributed by atoms with Crippen LogP contribution in [0.5, 0.6) is 5.75 Å². The number of carbonyl (C=O) groups excluding carboxylic acids is 2. The van der Waals surface area contributed by atoms with E-state index in [1.54, 1.807) is 23.1 Å². The van der Waals surface area contributed by atoms with E-state index in [2.05, 4.69) is 0 Å². The topological polar surface area (TPSA) is 110 Å². The molecule has 1 atom stereocenters. The van der Waals surface area contributed by atoms with Crippen molar-refractivity contribution < 1.29 is 24.2 Å². The van der Waals surface area contributed by atoms with E-state index < -0.39 is 17.8 Å². The van der Waals surface area contributed by atoms with Crippen molar-refractivity contribution >= 4 is 17.8 Å². The van der Waals surface area contributed by atoms with Crippen molar-refractivity contribution in [3.05, 3.63) is 29.8 Å². The molecule has 1 aromatic carbocycles. The van der Waals surface area contributed by atoms with E-state index in [9.17, 15) is 14.4 Å². The Labute approximate surface area is 127 Å². The average Bonchev–Trinajstić information content (AvgIpc) is 2.97. The van der Waals surface area contributed by atoms with Crippen molar-refractivity contribution in [1.29, 1.82) is 0 Å². The number of aliphatic carboxylic acids is 1. The van der Waals surface area contributed by atoms with Gasteiger partial charge in [0, 0.05) is 18.7 Å². The molecule has 0 aromatic heterocycles. The molecule has 0 saturated carbocycles. The standard InChI is InChI=1S/C15H18N2O5/c16-14(19)10-2-1-3-12(8-10)22-7-5-13(18)17-6-4-11(9-17)15(20)21/h1-3,8,11H,4-7,9H2,(H2,16,19)(H,20,21)/t11-/m1/s1. The SMILES string of the molecule is NC(=O)c1cccc(OCCC(=O)N2CC[C@@H](C(=O)O)C2)c1. The maximum absolute atomic E-state index is 12.0. The average molecular weight is 306 g/mol. The third kappa shape index (κ3) is 3.97. The molecule has 1 fully saturated rings. The summed E-state index contributed by atoms with van der Waals surface area (Å²) in [5.74, 6) is -1.55. The van der Waals surface area contributed by atoms with Gasteiger partial charge < -0.3 is 20.5 Å². The zero-order valence-corrected chi connectivity index (χ0v) is 12.0. The summed E-state index contributed by atoms with van der Waals surface area (Å²) >= 11 is 0. The van der Waals surface area contributed by atoms with Gasteiger partial charge in [-0.3, -0.25) is 14.4 Å². The number of hydrogen-bond donors (Lipinski definition) is 2. The highest BCUT2D eigenvalue weighted by atomic mass is 16.5. The molecule has 1 aliphatic heterocycles. The van der Waals surface area contributed by atoms with Crippen LogP contribution in [0.2, 0.25) is 0 Å². The van der Waals surface area contributed by atoms with Crippen LogP contribution < -0.4 is 10.5 Å². The lowest BCUT2D eigenvalue weighted by Crippen LogP contribution is -2.30. The number of carboxylic acid groups (broad SMARTS) is 1. The van der Waals surface area contributed by atoms with E-state index in [1.807, 2.05) is 0 Å². The number of benzene rings is 1. The third-order valence-electron chi connectivity index (χ3n) is 3.59. The first-order valence-electron chi connectivity index (χ1n) is 7.00. The van der Waals surface area contributed by atoms with E-state index in [1.165, 1.54) is 6.07 Å². The summed E-state index contributed by atoms with van der Waals surface area (Å²) in [7, 11) is 0. The van der Waals surface area contributed by atoms with Crippen LogP contribution in [0.4, 0.5) is 0 Å². The minimum atomic E-state index is -0.866. The van der Waals surface area contributed by atoms with Gasteiger partial charge in [-0.15, -0.1) is 0 Å². The maximum Gasteiger partial charge on any atom is 0.308 e. The Morgan fingerprint density at radius 3 is 2.77 bits per heavy atom. The lowest BCUT2D eigenvalue weighted by atomic mass is 10.1. The molecule has 7 heteroatoms. The fourth-order valence-electron chi connectivity index (χ4n) is 2.34. The Balaban J connectivity index is 1.79. The van der Waals surface area contributed by atoms with Crippen molar-refractivity contribution in [1.82, 2.24) is 4.90 Å². The predicted molar refractivity (Wildman–Crippen MR) is 77.4 cm³/mol. The van der Waals surface area contributed by atoms with Crippen molar-refractivity contribution in [2.24, 2.45) is 11.7 Å². The maximum atomic E-state index is 12.0. The van der Waals surface area contributed by atoms with Crippen LogP contribution in [-0.4, -0.2) is 47.5 Å². The summed E-state index contributed by atoms with van der Waals surface area (Å²) in [6.07, 6.45) is 0.649. The van der Waals surface area contributed by atoms with Crippen molar-refractivity contribution in [3.8, 4) is 5.75 Å². The van der Waals surface area contributed by atoms with Crippen LogP contribution in [0.25, 0.3) is 0 Å². The van der Waals surface area contributed by atoms with Crippen LogP contribution in [0.1, 0.15) is 23.2 Å². The van der Waals surface area contributed by atoms with E-state index >= 15 is 0 Å². The molecule has 0 unspecified atom stereocenters. The predicted octanol–water partition coefficient (Wildman–Crippen LogP) is 0.487. The third-order valence-corrected chi connectivity index (χ3v) is 3.59. The Morgan fingerprint density at radius 2 is 2.14 bits per heavy atom. The van der Waals surface area contributed by atoms with Gasteiger partial charge in [0.15, 0.2) is 0 Å². The number of hydrogen-bond acceptors (Lipinski definition) is 4. The summed E-state index contributed by atoms with van der Waals surface area (Å²) < 4.78 is 5.43. The highest BCUT2D eigenvalue weighted by Crippen LogP contribution is 2.18. The largest absolute Gasteiger partial charge is 0.493 e. The summed E-state index contributed by atoms with van der Waals surface area (Å²) in [5, 5.41) is 8.91. The monoisotopic (exact) mass is 306 g/mol. The molecule has 0 bridgehead atoms. The number of carbonyl (C=O) groups is 3. The van der Waals surface area contributed by atoms with Gasteiger partial charge in [0.05, 0.1) is 18.9 Å². The molecular formula is C15H18N2O5. The second-order valence-electron chi connectivity index (χ2n) is 5.15. The van der Waals surface area contributed by atoms with Crippen molar-refractivity contribution in [2.75, 3.05) is 19.7 Å². The number of amides is 2. The van der Waals surface area contributed by atoms with Crippen molar-refractivity contribution in [2.45, 2.75) is 12.8 Å². The first-order valence-corrected chi connectivity index (χ1v) is 7.00. The molecule has 1 aromatic rings. The molecular weight excluding hydrogens is 288 g/mol. The minimum absolute atomic E-state index is 0.130. The van der Waals surface area contributed by atoms with E-state index in [0.717, 1.165) is 0 Å². The number of ether oxygens (including phenoxy) is 1. The van der Waals surface area contributed by atoms with Crippen molar-refractivity contribution in [3.63, 3.8) is 0 Å². The van der Waals surface area contributed by atoms with Gasteiger partial charge in [-0.25, -0.2) is 0 Å². The molecule has 2 rings (SSSR count). The molecule has 2 amide bonds. The first-order chi connectivity index (χ1) is 10.5. The number of nitrogens with two attached hydrogens (primary N) is 1. The Morgan fingerprint density at radius 1 is 1.36 bits per heavy atom. The van der Waals surface area contributed by atoms with Gasteiger partial charge in [-0.05, 0) is 24.6 Å². The molecule has 0 aliphatic carbocycles. The number of rotatable bonds is 6. The van der Waals surface area contributed by atoms with E-state index in [4.69, 9.17) is 15.6 Å². The summed E-state index contributed by atoms with van der Waals surface area (Å²) in [6.45, 7) is 0.883. The Kier molecular flexibility index (Phi) is 4.98. The van der Waals surface area contributed by atoms with Gasteiger partial charge in [0.25, 0.3) is 0 Å². The number of nitrogens with zero attached hydrogens (tertiary/aromatic N) is 1. The second kappa shape index (κ2) is 6.93.